The fourth-order valence-corrected chi connectivity index (χ4v) is 5.19. The highest BCUT2D eigenvalue weighted by atomic mass is 32.2. The molecule has 0 radical (unpaired) electrons. The summed E-state index contributed by atoms with van der Waals surface area (Å²) in [6, 6.07) is 10.2. The van der Waals surface area contributed by atoms with Gasteiger partial charge in [-0.05, 0) is 50.1 Å². The number of pyridine rings is 1. The van der Waals surface area contributed by atoms with E-state index in [9.17, 15) is 4.79 Å². The highest BCUT2D eigenvalue weighted by Crippen LogP contribution is 2.39. The van der Waals surface area contributed by atoms with Gasteiger partial charge >= 0.3 is 6.09 Å². The van der Waals surface area contributed by atoms with E-state index in [1.54, 1.807) is 11.4 Å². The summed E-state index contributed by atoms with van der Waals surface area (Å²) in [6.07, 6.45) is 2.50. The predicted molar refractivity (Wildman–Crippen MR) is 129 cm³/mol. The fourth-order valence-electron chi connectivity index (χ4n) is 4.30. The summed E-state index contributed by atoms with van der Waals surface area (Å²) in [5.74, 6) is 2.63. The van der Waals surface area contributed by atoms with Gasteiger partial charge < -0.3 is 14.4 Å². The fraction of sp³-hybridized carbons (Fsp3) is 0.348. The first kappa shape index (κ1) is 21.4. The zero-order valence-corrected chi connectivity index (χ0v) is 19.9. The molecule has 0 N–H and O–H groups in total. The Balaban J connectivity index is 1.45. The molecular weight excluding hydrogens is 440 g/mol. The Labute approximate surface area is 197 Å². The highest BCUT2D eigenvalue weighted by molar-refractivity contribution is 7.99. The molecule has 1 saturated heterocycles. The molecule has 0 saturated carbocycles. The molecule has 0 atom stereocenters. The molecule has 10 heteroatoms. The van der Waals surface area contributed by atoms with Crippen molar-refractivity contribution < 1.29 is 14.3 Å². The molecule has 0 aliphatic carbocycles. The first-order valence-electron chi connectivity index (χ1n) is 10.8. The van der Waals surface area contributed by atoms with Crippen LogP contribution in [0.3, 0.4) is 0 Å². The number of fused-ring (bicyclic) bond motifs is 1. The number of nitrogens with zero attached hydrogens (tertiary/aromatic N) is 6. The Kier molecular flexibility index (Phi) is 5.53. The first-order valence-corrected chi connectivity index (χ1v) is 11.5. The van der Waals surface area contributed by atoms with Gasteiger partial charge in [0.25, 0.3) is 0 Å². The van der Waals surface area contributed by atoms with Crippen molar-refractivity contribution in [3.63, 3.8) is 0 Å². The van der Waals surface area contributed by atoms with E-state index in [1.807, 2.05) is 34.2 Å². The number of hydrogen-bond acceptors (Lipinski definition) is 8. The van der Waals surface area contributed by atoms with Crippen molar-refractivity contribution in [1.82, 2.24) is 19.1 Å². The van der Waals surface area contributed by atoms with Crippen LogP contribution in [0, 0.1) is 13.8 Å². The Morgan fingerprint density at radius 2 is 1.91 bits per heavy atom. The van der Waals surface area contributed by atoms with Crippen LogP contribution < -0.4 is 13.9 Å². The second kappa shape index (κ2) is 8.51. The van der Waals surface area contributed by atoms with E-state index in [2.05, 4.69) is 30.0 Å². The monoisotopic (exact) mass is 466 g/mol. The van der Waals surface area contributed by atoms with Gasteiger partial charge in [0.1, 0.15) is 11.6 Å². The van der Waals surface area contributed by atoms with Crippen LogP contribution in [0.1, 0.15) is 16.8 Å². The molecule has 3 aromatic rings. The minimum atomic E-state index is -0.349. The molecule has 2 aromatic heterocycles. The van der Waals surface area contributed by atoms with E-state index in [1.165, 1.54) is 24.8 Å². The lowest BCUT2D eigenvalue weighted by Gasteiger charge is -2.22. The summed E-state index contributed by atoms with van der Waals surface area (Å²) in [5.41, 5.74) is 5.43. The third-order valence-electron chi connectivity index (χ3n) is 5.90. The van der Waals surface area contributed by atoms with E-state index in [-0.39, 0.29) is 6.09 Å². The highest BCUT2D eigenvalue weighted by Gasteiger charge is 2.30. The third kappa shape index (κ3) is 3.84. The van der Waals surface area contributed by atoms with Crippen molar-refractivity contribution in [2.24, 2.45) is 0 Å². The van der Waals surface area contributed by atoms with E-state index in [0.29, 0.717) is 13.1 Å². The van der Waals surface area contributed by atoms with E-state index in [4.69, 9.17) is 19.6 Å². The molecule has 2 aliphatic heterocycles. The van der Waals surface area contributed by atoms with Crippen molar-refractivity contribution >= 4 is 35.6 Å². The Bertz CT molecular complexity index is 1210. The van der Waals surface area contributed by atoms with E-state index >= 15 is 0 Å². The number of carbonyl (C=O) groups excluding carboxylic acids is 1. The molecule has 5 rings (SSSR count). The number of anilines is 3. The Morgan fingerprint density at radius 1 is 1.06 bits per heavy atom. The maximum Gasteiger partial charge on any atom is 0.421 e. The van der Waals surface area contributed by atoms with Gasteiger partial charge in [0.15, 0.2) is 5.82 Å². The van der Waals surface area contributed by atoms with Gasteiger partial charge in [-0.2, -0.15) is 0 Å². The van der Waals surface area contributed by atoms with Crippen molar-refractivity contribution in [1.29, 1.82) is 0 Å². The number of aryl methyl sites for hydroxylation is 2. The number of carbonyl (C=O) groups is 1. The predicted octanol–water partition coefficient (Wildman–Crippen LogP) is 4.04. The normalized spacial score (nSPS) is 15.2. The van der Waals surface area contributed by atoms with Crippen LogP contribution in [0.5, 0.6) is 5.75 Å². The molecule has 0 unspecified atom stereocenters. The number of rotatable bonds is 4. The average Bonchev–Trinajstić information content (AvgIpc) is 3.57. The van der Waals surface area contributed by atoms with Gasteiger partial charge in [-0.1, -0.05) is 0 Å². The van der Waals surface area contributed by atoms with Crippen LogP contribution in [-0.4, -0.2) is 59.0 Å². The van der Waals surface area contributed by atoms with Crippen LogP contribution >= 0.6 is 12.1 Å². The molecule has 4 heterocycles. The molecule has 2 aliphatic rings. The minimum Gasteiger partial charge on any atom is -0.497 e. The summed E-state index contributed by atoms with van der Waals surface area (Å²) in [4.78, 5) is 19.0. The van der Waals surface area contributed by atoms with Crippen LogP contribution in [0.4, 0.5) is 22.1 Å². The molecule has 1 amide bonds. The quantitative estimate of drug-likeness (QED) is 0.534. The van der Waals surface area contributed by atoms with E-state index < -0.39 is 0 Å². The van der Waals surface area contributed by atoms with Gasteiger partial charge in [0.05, 0.1) is 45.1 Å². The second-order valence-corrected chi connectivity index (χ2v) is 9.06. The topological polar surface area (TPSA) is 76.0 Å². The standard InChI is InChI=1S/C23H26N6O3S/c1-15-13-17(31-3)5-6-19(15)26-9-7-18-20(14-16(2)24-22(18)26)27-10-8-21(25-27)28-11-12-29(33-28)23(30)32-4/h5-6,8,10,13-14H,7,9,11-12H2,1-4H3. The first-order chi connectivity index (χ1) is 16.0. The van der Waals surface area contributed by atoms with Crippen LogP contribution in [-0.2, 0) is 11.2 Å². The summed E-state index contributed by atoms with van der Waals surface area (Å²) < 4.78 is 15.7. The lowest BCUT2D eigenvalue weighted by molar-refractivity contribution is 0.154. The molecule has 9 nitrogen and oxygen atoms in total. The molecule has 1 aromatic carbocycles. The largest absolute Gasteiger partial charge is 0.497 e. The van der Waals surface area contributed by atoms with Gasteiger partial charge in [0.2, 0.25) is 0 Å². The number of aromatic nitrogens is 3. The van der Waals surface area contributed by atoms with Gasteiger partial charge in [-0.15, -0.1) is 5.10 Å². The Morgan fingerprint density at radius 3 is 2.67 bits per heavy atom. The van der Waals surface area contributed by atoms with Crippen molar-refractivity contribution in [2.75, 3.05) is 43.1 Å². The SMILES string of the molecule is COC(=O)N1CCN(c2ccn(-c3cc(C)nc4c3CCN4c3ccc(OC)cc3C)n2)S1. The van der Waals surface area contributed by atoms with Gasteiger partial charge in [-0.25, -0.2) is 18.8 Å². The van der Waals surface area contributed by atoms with Gasteiger partial charge in [-0.3, -0.25) is 4.31 Å². The molecule has 33 heavy (non-hydrogen) atoms. The van der Waals surface area contributed by atoms with Crippen LogP contribution in [0.25, 0.3) is 5.69 Å². The average molecular weight is 467 g/mol. The van der Waals surface area contributed by atoms with E-state index in [0.717, 1.165) is 53.0 Å². The smallest absolute Gasteiger partial charge is 0.421 e. The van der Waals surface area contributed by atoms with Crippen LogP contribution in [0.15, 0.2) is 36.5 Å². The number of methoxy groups -OCH3 is 2. The maximum atomic E-state index is 11.8. The molecule has 1 fully saturated rings. The molecule has 172 valence electrons. The summed E-state index contributed by atoms with van der Waals surface area (Å²) in [6.45, 7) is 6.24. The minimum absolute atomic E-state index is 0.349. The van der Waals surface area contributed by atoms with Crippen molar-refractivity contribution in [3.05, 3.63) is 53.3 Å². The summed E-state index contributed by atoms with van der Waals surface area (Å²) in [7, 11) is 3.08. The maximum absolute atomic E-state index is 11.8. The molecule has 0 bridgehead atoms. The number of amides is 1. The van der Waals surface area contributed by atoms with Crippen molar-refractivity contribution in [3.8, 4) is 11.4 Å². The van der Waals surface area contributed by atoms with Crippen molar-refractivity contribution in [2.45, 2.75) is 20.3 Å². The summed E-state index contributed by atoms with van der Waals surface area (Å²) >= 11 is 1.32. The zero-order valence-electron chi connectivity index (χ0n) is 19.1. The lowest BCUT2D eigenvalue weighted by atomic mass is 10.1. The number of benzene rings is 1. The Hall–Kier alpha value is -3.40. The number of hydrogen-bond donors (Lipinski definition) is 0. The lowest BCUT2D eigenvalue weighted by Crippen LogP contribution is -2.21. The molecule has 0 spiro atoms. The number of ether oxygens (including phenoxy) is 2. The van der Waals surface area contributed by atoms with Crippen LogP contribution in [0.2, 0.25) is 0 Å². The molecular formula is C23H26N6O3S. The second-order valence-electron chi connectivity index (χ2n) is 8.01. The third-order valence-corrected chi connectivity index (χ3v) is 7.00. The summed E-state index contributed by atoms with van der Waals surface area (Å²) in [5, 5.41) is 4.82. The van der Waals surface area contributed by atoms with Gasteiger partial charge in [0, 0.05) is 35.8 Å². The zero-order chi connectivity index (χ0) is 23.1.